The first-order chi connectivity index (χ1) is 15.3. The number of nitrogens with zero attached hydrogens (tertiary/aromatic N) is 2. The molecule has 0 aliphatic carbocycles. The molecule has 7 nitrogen and oxygen atoms in total. The summed E-state index contributed by atoms with van der Waals surface area (Å²) in [7, 11) is -3.67. The predicted octanol–water partition coefficient (Wildman–Crippen LogP) is 4.15. The van der Waals surface area contributed by atoms with E-state index in [9.17, 15) is 13.2 Å². The SMILES string of the molecule is CC(=O)Nc1nc(C)c(-c2ccc3c(c2)CCCN3S(=O)(=O)c2ccc3c(c2)CCO3)s1. The molecule has 0 unspecified atom stereocenters. The van der Waals surface area contributed by atoms with Gasteiger partial charge in [-0.3, -0.25) is 9.10 Å². The number of aromatic nitrogens is 1. The van der Waals surface area contributed by atoms with Crippen LogP contribution in [0, 0.1) is 6.92 Å². The minimum Gasteiger partial charge on any atom is -0.493 e. The Morgan fingerprint density at radius 2 is 2.00 bits per heavy atom. The topological polar surface area (TPSA) is 88.6 Å². The van der Waals surface area contributed by atoms with Crippen molar-refractivity contribution in [2.75, 3.05) is 22.8 Å². The molecule has 3 aromatic rings. The second-order valence-corrected chi connectivity index (χ2v) is 10.9. The molecule has 0 spiro atoms. The van der Waals surface area contributed by atoms with Crippen LogP contribution in [-0.2, 0) is 27.7 Å². The standard InChI is InChI=1S/C23H23N3O4S2/c1-14-22(31-23(24-14)25-15(2)27)18-5-7-20-16(12-18)4-3-10-26(20)32(28,29)19-6-8-21-17(13-19)9-11-30-21/h5-8,12-13H,3-4,9-11H2,1-2H3,(H,24,25,27). The highest BCUT2D eigenvalue weighted by Gasteiger charge is 2.30. The quantitative estimate of drug-likeness (QED) is 0.620. The summed E-state index contributed by atoms with van der Waals surface area (Å²) < 4.78 is 34.0. The number of thiazole rings is 1. The maximum Gasteiger partial charge on any atom is 0.264 e. The first-order valence-corrected chi connectivity index (χ1v) is 12.8. The summed E-state index contributed by atoms with van der Waals surface area (Å²) in [5, 5.41) is 3.30. The fourth-order valence-corrected chi connectivity index (χ4v) is 6.87. The Morgan fingerprint density at radius 3 is 2.81 bits per heavy atom. The number of carbonyl (C=O) groups excluding carboxylic acids is 1. The van der Waals surface area contributed by atoms with Crippen molar-refractivity contribution in [2.24, 2.45) is 0 Å². The average Bonchev–Trinajstić information content (AvgIpc) is 3.38. The van der Waals surface area contributed by atoms with Crippen molar-refractivity contribution in [2.45, 2.75) is 38.0 Å². The lowest BCUT2D eigenvalue weighted by Gasteiger charge is -2.31. The number of amides is 1. The summed E-state index contributed by atoms with van der Waals surface area (Å²) in [4.78, 5) is 17.1. The Hall–Kier alpha value is -2.91. The minimum absolute atomic E-state index is 0.158. The van der Waals surface area contributed by atoms with Gasteiger partial charge >= 0.3 is 0 Å². The molecule has 9 heteroatoms. The summed E-state index contributed by atoms with van der Waals surface area (Å²) in [5.74, 6) is 0.612. The zero-order valence-corrected chi connectivity index (χ0v) is 19.5. The van der Waals surface area contributed by atoms with Crippen molar-refractivity contribution in [1.29, 1.82) is 0 Å². The molecule has 0 saturated heterocycles. The van der Waals surface area contributed by atoms with Crippen LogP contribution in [0.3, 0.4) is 0 Å². The van der Waals surface area contributed by atoms with Gasteiger partial charge in [-0.1, -0.05) is 17.4 Å². The maximum absolute atomic E-state index is 13.5. The maximum atomic E-state index is 13.5. The number of hydrogen-bond acceptors (Lipinski definition) is 6. The summed E-state index contributed by atoms with van der Waals surface area (Å²) in [6, 6.07) is 11.0. The lowest BCUT2D eigenvalue weighted by atomic mass is 10.00. The van der Waals surface area contributed by atoms with Crippen molar-refractivity contribution in [1.82, 2.24) is 4.98 Å². The molecule has 0 saturated carbocycles. The van der Waals surface area contributed by atoms with E-state index < -0.39 is 10.0 Å². The minimum atomic E-state index is -3.67. The molecule has 0 radical (unpaired) electrons. The molecule has 0 fully saturated rings. The Kier molecular flexibility index (Phi) is 5.17. The van der Waals surface area contributed by atoms with E-state index in [0.717, 1.165) is 58.0 Å². The highest BCUT2D eigenvalue weighted by atomic mass is 32.2. The van der Waals surface area contributed by atoms with Crippen molar-refractivity contribution in [3.63, 3.8) is 0 Å². The molecule has 2 aliphatic heterocycles. The van der Waals surface area contributed by atoms with Crippen molar-refractivity contribution in [3.8, 4) is 16.2 Å². The average molecular weight is 470 g/mol. The lowest BCUT2D eigenvalue weighted by molar-refractivity contribution is -0.114. The van der Waals surface area contributed by atoms with E-state index in [-0.39, 0.29) is 5.91 Å². The van der Waals surface area contributed by atoms with Gasteiger partial charge in [-0.05, 0) is 66.8 Å². The summed E-state index contributed by atoms with van der Waals surface area (Å²) >= 11 is 1.42. The first-order valence-electron chi connectivity index (χ1n) is 10.5. The van der Waals surface area contributed by atoms with Gasteiger partial charge in [0.25, 0.3) is 10.0 Å². The molecular formula is C23H23N3O4S2. The molecule has 1 N–H and O–H groups in total. The van der Waals surface area contributed by atoms with E-state index >= 15 is 0 Å². The third-order valence-electron chi connectivity index (χ3n) is 5.75. The third kappa shape index (κ3) is 3.65. The number of ether oxygens (including phenoxy) is 1. The van der Waals surface area contributed by atoms with E-state index in [1.54, 1.807) is 18.2 Å². The Morgan fingerprint density at radius 1 is 1.16 bits per heavy atom. The van der Waals surface area contributed by atoms with Gasteiger partial charge in [0.05, 0.1) is 27.8 Å². The molecule has 2 aromatic carbocycles. The molecule has 0 bridgehead atoms. The Balaban J connectivity index is 1.50. The van der Waals surface area contributed by atoms with Gasteiger partial charge in [-0.2, -0.15) is 0 Å². The molecule has 1 amide bonds. The Bertz CT molecular complexity index is 1330. The zero-order valence-electron chi connectivity index (χ0n) is 17.8. The van der Waals surface area contributed by atoms with Gasteiger partial charge in [0.1, 0.15) is 5.75 Å². The van der Waals surface area contributed by atoms with Crippen LogP contribution >= 0.6 is 11.3 Å². The van der Waals surface area contributed by atoms with E-state index in [0.29, 0.717) is 23.2 Å². The van der Waals surface area contributed by atoms with Crippen LogP contribution in [0.4, 0.5) is 10.8 Å². The molecule has 0 atom stereocenters. The molecule has 166 valence electrons. The molecule has 5 rings (SSSR count). The fourth-order valence-electron chi connectivity index (χ4n) is 4.27. The zero-order chi connectivity index (χ0) is 22.5. The number of carbonyl (C=O) groups is 1. The van der Waals surface area contributed by atoms with Crippen LogP contribution in [0.15, 0.2) is 41.3 Å². The molecule has 2 aliphatic rings. The number of hydrogen-bond donors (Lipinski definition) is 1. The van der Waals surface area contributed by atoms with Crippen molar-refractivity contribution < 1.29 is 17.9 Å². The third-order valence-corrected chi connectivity index (χ3v) is 8.68. The number of benzene rings is 2. The van der Waals surface area contributed by atoms with E-state index in [2.05, 4.69) is 10.3 Å². The molecule has 1 aromatic heterocycles. The first kappa shape index (κ1) is 21.0. The van der Waals surface area contributed by atoms with Crippen LogP contribution in [-0.4, -0.2) is 32.5 Å². The number of nitrogens with one attached hydrogen (secondary N) is 1. The van der Waals surface area contributed by atoms with Gasteiger partial charge in [-0.15, -0.1) is 0 Å². The highest BCUT2D eigenvalue weighted by Crippen LogP contribution is 2.39. The molecule has 3 heterocycles. The van der Waals surface area contributed by atoms with Gasteiger partial charge in [0, 0.05) is 19.9 Å². The largest absolute Gasteiger partial charge is 0.493 e. The van der Waals surface area contributed by atoms with Crippen molar-refractivity contribution in [3.05, 3.63) is 53.2 Å². The van der Waals surface area contributed by atoms with Crippen LogP contribution < -0.4 is 14.4 Å². The smallest absolute Gasteiger partial charge is 0.264 e. The van der Waals surface area contributed by atoms with E-state index in [4.69, 9.17) is 4.74 Å². The number of sulfonamides is 1. The second-order valence-electron chi connectivity index (χ2n) is 8.01. The van der Waals surface area contributed by atoms with Gasteiger partial charge in [0.15, 0.2) is 5.13 Å². The number of fused-ring (bicyclic) bond motifs is 2. The molecule has 32 heavy (non-hydrogen) atoms. The second kappa shape index (κ2) is 7.90. The van der Waals surface area contributed by atoms with Crippen LogP contribution in [0.5, 0.6) is 5.75 Å². The summed E-state index contributed by atoms with van der Waals surface area (Å²) in [6.45, 7) is 4.41. The van der Waals surface area contributed by atoms with E-state index in [1.807, 2.05) is 25.1 Å². The van der Waals surface area contributed by atoms with Gasteiger partial charge in [-0.25, -0.2) is 13.4 Å². The van der Waals surface area contributed by atoms with E-state index in [1.165, 1.54) is 22.6 Å². The van der Waals surface area contributed by atoms with Crippen LogP contribution in [0.2, 0.25) is 0 Å². The number of rotatable bonds is 4. The monoisotopic (exact) mass is 469 g/mol. The summed E-state index contributed by atoms with van der Waals surface area (Å²) in [5.41, 5.74) is 4.47. The summed E-state index contributed by atoms with van der Waals surface area (Å²) in [6.07, 6.45) is 2.29. The Labute approximate surface area is 191 Å². The highest BCUT2D eigenvalue weighted by molar-refractivity contribution is 7.92. The fraction of sp³-hybridized carbons (Fsp3) is 0.304. The normalized spacial score (nSPS) is 15.1. The number of anilines is 2. The van der Waals surface area contributed by atoms with Crippen LogP contribution in [0.1, 0.15) is 30.2 Å². The predicted molar refractivity (Wildman–Crippen MR) is 125 cm³/mol. The van der Waals surface area contributed by atoms with Gasteiger partial charge < -0.3 is 10.1 Å². The van der Waals surface area contributed by atoms with Crippen molar-refractivity contribution >= 4 is 38.1 Å². The van der Waals surface area contributed by atoms with Crippen LogP contribution in [0.25, 0.3) is 10.4 Å². The van der Waals surface area contributed by atoms with Gasteiger partial charge in [0.2, 0.25) is 5.91 Å². The lowest BCUT2D eigenvalue weighted by Crippen LogP contribution is -2.35. The molecular weight excluding hydrogens is 446 g/mol. The number of aryl methyl sites for hydroxylation is 2.